The van der Waals surface area contributed by atoms with E-state index >= 15 is 0 Å². The van der Waals surface area contributed by atoms with Crippen LogP contribution in [0.3, 0.4) is 0 Å². The molecule has 3 aromatic carbocycles. The van der Waals surface area contributed by atoms with Gasteiger partial charge in [-0.25, -0.2) is 4.98 Å². The lowest BCUT2D eigenvalue weighted by molar-refractivity contribution is -0.384. The van der Waals surface area contributed by atoms with Gasteiger partial charge in [0.2, 0.25) is 5.91 Å². The Morgan fingerprint density at radius 2 is 1.80 bits per heavy atom. The molecule has 150 valence electrons. The summed E-state index contributed by atoms with van der Waals surface area (Å²) in [6.45, 7) is 1.80. The second-order valence-corrected chi connectivity index (χ2v) is 6.99. The number of nitro benzene ring substituents is 1. The Bertz CT molecular complexity index is 1230. The maximum atomic E-state index is 12.6. The molecule has 7 nitrogen and oxygen atoms in total. The van der Waals surface area contributed by atoms with Gasteiger partial charge in [0, 0.05) is 30.7 Å². The minimum absolute atomic E-state index is 0.0539. The number of amides is 1. The summed E-state index contributed by atoms with van der Waals surface area (Å²) in [7, 11) is 0. The number of benzene rings is 3. The van der Waals surface area contributed by atoms with Crippen LogP contribution in [0.4, 0.5) is 11.4 Å². The third-order valence-corrected chi connectivity index (χ3v) is 4.93. The summed E-state index contributed by atoms with van der Waals surface area (Å²) in [5.74, 6) is 0.568. The van der Waals surface area contributed by atoms with E-state index in [4.69, 9.17) is 4.98 Å². The van der Waals surface area contributed by atoms with Crippen LogP contribution in [-0.2, 0) is 11.2 Å². The number of para-hydroxylation sites is 3. The fourth-order valence-electron chi connectivity index (χ4n) is 3.41. The third kappa shape index (κ3) is 3.91. The zero-order chi connectivity index (χ0) is 21.1. The molecule has 0 fully saturated rings. The summed E-state index contributed by atoms with van der Waals surface area (Å²) in [4.78, 5) is 27.8. The van der Waals surface area contributed by atoms with E-state index in [1.54, 1.807) is 13.0 Å². The average Bonchev–Trinajstić information content (AvgIpc) is 3.12. The molecular weight excluding hydrogens is 380 g/mol. The first kappa shape index (κ1) is 19.3. The molecule has 0 radical (unpaired) electrons. The van der Waals surface area contributed by atoms with E-state index < -0.39 is 4.92 Å². The van der Waals surface area contributed by atoms with Crippen LogP contribution in [0.15, 0.2) is 72.8 Å². The quantitative estimate of drug-likeness (QED) is 0.371. The first-order valence-corrected chi connectivity index (χ1v) is 9.59. The molecule has 4 rings (SSSR count). The average molecular weight is 400 g/mol. The number of anilines is 1. The Morgan fingerprint density at radius 1 is 1.07 bits per heavy atom. The number of aromatic nitrogens is 2. The lowest BCUT2D eigenvalue weighted by atomic mass is 10.1. The fourth-order valence-corrected chi connectivity index (χ4v) is 3.41. The highest BCUT2D eigenvalue weighted by atomic mass is 16.6. The van der Waals surface area contributed by atoms with Crippen LogP contribution in [0.25, 0.3) is 16.7 Å². The molecule has 1 amide bonds. The lowest BCUT2D eigenvalue weighted by Crippen LogP contribution is -2.14. The summed E-state index contributed by atoms with van der Waals surface area (Å²) >= 11 is 0. The summed E-state index contributed by atoms with van der Waals surface area (Å²) < 4.78 is 2.06. The number of rotatable bonds is 6. The summed E-state index contributed by atoms with van der Waals surface area (Å²) in [5.41, 5.74) is 3.99. The lowest BCUT2D eigenvalue weighted by Gasteiger charge is -2.10. The van der Waals surface area contributed by atoms with Gasteiger partial charge in [-0.2, -0.15) is 0 Å². The van der Waals surface area contributed by atoms with Crippen LogP contribution in [0.2, 0.25) is 0 Å². The number of aryl methyl sites for hydroxylation is 2. The van der Waals surface area contributed by atoms with Crippen molar-refractivity contribution in [1.82, 2.24) is 9.55 Å². The van der Waals surface area contributed by atoms with Gasteiger partial charge in [0.1, 0.15) is 5.82 Å². The van der Waals surface area contributed by atoms with Crippen molar-refractivity contribution in [3.63, 3.8) is 0 Å². The normalized spacial score (nSPS) is 10.8. The minimum Gasteiger partial charge on any atom is -0.326 e. The van der Waals surface area contributed by atoms with Gasteiger partial charge in [-0.05, 0) is 36.8 Å². The molecular formula is C23H20N4O3. The van der Waals surface area contributed by atoms with E-state index in [9.17, 15) is 14.9 Å². The predicted molar refractivity (Wildman–Crippen MR) is 116 cm³/mol. The zero-order valence-electron chi connectivity index (χ0n) is 16.4. The van der Waals surface area contributed by atoms with E-state index in [-0.39, 0.29) is 18.0 Å². The van der Waals surface area contributed by atoms with Crippen LogP contribution in [0.5, 0.6) is 0 Å². The smallest absolute Gasteiger partial charge is 0.271 e. The Labute approximate surface area is 173 Å². The maximum absolute atomic E-state index is 12.6. The topological polar surface area (TPSA) is 90.1 Å². The molecule has 1 heterocycles. The van der Waals surface area contributed by atoms with Crippen molar-refractivity contribution < 1.29 is 9.72 Å². The highest BCUT2D eigenvalue weighted by molar-refractivity contribution is 5.92. The highest BCUT2D eigenvalue weighted by Crippen LogP contribution is 2.24. The number of nitro groups is 1. The van der Waals surface area contributed by atoms with Crippen LogP contribution in [0.1, 0.15) is 17.8 Å². The van der Waals surface area contributed by atoms with Crippen molar-refractivity contribution in [2.45, 2.75) is 19.8 Å². The molecule has 1 N–H and O–H groups in total. The number of hydrogen-bond acceptors (Lipinski definition) is 4. The van der Waals surface area contributed by atoms with Gasteiger partial charge in [-0.1, -0.05) is 36.4 Å². The van der Waals surface area contributed by atoms with Crippen molar-refractivity contribution in [1.29, 1.82) is 0 Å². The van der Waals surface area contributed by atoms with Gasteiger partial charge in [-0.15, -0.1) is 0 Å². The second-order valence-electron chi connectivity index (χ2n) is 6.99. The molecule has 0 aliphatic rings. The molecule has 0 aliphatic heterocycles. The standard InChI is InChI=1S/C23H20N4O3/c1-16-11-12-18(27(29)30)15-20(16)25-23(28)14-13-22-24-19-9-5-6-10-21(19)26(22)17-7-3-2-4-8-17/h2-12,15H,13-14H2,1H3,(H,25,28). The SMILES string of the molecule is Cc1ccc([N+](=O)[O-])cc1NC(=O)CCc1nc2ccccc2n1-c1ccccc1. The monoisotopic (exact) mass is 400 g/mol. The first-order chi connectivity index (χ1) is 14.5. The van der Waals surface area contributed by atoms with Gasteiger partial charge in [-0.3, -0.25) is 19.5 Å². The second kappa shape index (κ2) is 8.16. The number of carbonyl (C=O) groups is 1. The number of non-ortho nitro benzene ring substituents is 1. The fraction of sp³-hybridized carbons (Fsp3) is 0.130. The Kier molecular flexibility index (Phi) is 5.26. The third-order valence-electron chi connectivity index (χ3n) is 4.93. The number of nitrogens with one attached hydrogen (secondary N) is 1. The maximum Gasteiger partial charge on any atom is 0.271 e. The van der Waals surface area contributed by atoms with E-state index in [1.807, 2.05) is 54.6 Å². The summed E-state index contributed by atoms with van der Waals surface area (Å²) in [5, 5.41) is 13.8. The summed E-state index contributed by atoms with van der Waals surface area (Å²) in [6.07, 6.45) is 0.641. The van der Waals surface area contributed by atoms with E-state index in [2.05, 4.69) is 9.88 Å². The van der Waals surface area contributed by atoms with Crippen LogP contribution in [0, 0.1) is 17.0 Å². The predicted octanol–water partition coefficient (Wildman–Crippen LogP) is 4.81. The largest absolute Gasteiger partial charge is 0.326 e. The van der Waals surface area contributed by atoms with Crippen molar-refractivity contribution in [3.05, 3.63) is 94.3 Å². The number of imidazole rings is 1. The number of carbonyl (C=O) groups excluding carboxylic acids is 1. The van der Waals surface area contributed by atoms with Gasteiger partial charge >= 0.3 is 0 Å². The van der Waals surface area contributed by atoms with Crippen LogP contribution >= 0.6 is 0 Å². The van der Waals surface area contributed by atoms with Crippen LogP contribution in [-0.4, -0.2) is 20.4 Å². The molecule has 0 saturated carbocycles. The van der Waals surface area contributed by atoms with Crippen molar-refractivity contribution in [2.24, 2.45) is 0 Å². The first-order valence-electron chi connectivity index (χ1n) is 9.59. The van der Waals surface area contributed by atoms with Crippen molar-refractivity contribution >= 4 is 28.3 Å². The zero-order valence-corrected chi connectivity index (χ0v) is 16.4. The summed E-state index contributed by atoms with van der Waals surface area (Å²) in [6, 6.07) is 22.2. The van der Waals surface area contributed by atoms with Gasteiger partial charge < -0.3 is 5.32 Å². The molecule has 7 heteroatoms. The highest BCUT2D eigenvalue weighted by Gasteiger charge is 2.15. The molecule has 30 heavy (non-hydrogen) atoms. The molecule has 0 saturated heterocycles. The van der Waals surface area contributed by atoms with E-state index in [0.717, 1.165) is 28.1 Å². The Morgan fingerprint density at radius 3 is 2.57 bits per heavy atom. The molecule has 0 unspecified atom stereocenters. The minimum atomic E-state index is -0.475. The molecule has 4 aromatic rings. The van der Waals surface area contributed by atoms with Gasteiger partial charge in [0.05, 0.1) is 21.6 Å². The molecule has 1 aromatic heterocycles. The molecule has 0 spiro atoms. The van der Waals surface area contributed by atoms with Crippen molar-refractivity contribution in [2.75, 3.05) is 5.32 Å². The molecule has 0 atom stereocenters. The Hall–Kier alpha value is -4.00. The molecule has 0 aliphatic carbocycles. The van der Waals surface area contributed by atoms with Crippen LogP contribution < -0.4 is 5.32 Å². The number of nitrogens with zero attached hydrogens (tertiary/aromatic N) is 3. The van der Waals surface area contributed by atoms with E-state index in [1.165, 1.54) is 12.1 Å². The number of hydrogen-bond donors (Lipinski definition) is 1. The molecule has 0 bridgehead atoms. The van der Waals surface area contributed by atoms with Crippen molar-refractivity contribution in [3.8, 4) is 5.69 Å². The van der Waals surface area contributed by atoms with Gasteiger partial charge in [0.25, 0.3) is 5.69 Å². The van der Waals surface area contributed by atoms with E-state index in [0.29, 0.717) is 12.1 Å². The van der Waals surface area contributed by atoms with Gasteiger partial charge in [0.15, 0.2) is 0 Å². The Balaban J connectivity index is 1.57. The number of fused-ring (bicyclic) bond motifs is 1.